The zero-order chi connectivity index (χ0) is 19.1. The standard InChI is InChI=1S/C24H34N2O/c1-19(2)18-27-24(26-15-7-8-16-26)20(3)25-23-13-11-22(12-14-23)17-21-9-5-4-6-10-21/h4-6,9-14,19-20,24-25H,7-8,15-18H2,1-3H3. The first-order valence-electron chi connectivity index (χ1n) is 10.4. The Morgan fingerprint density at radius 2 is 1.52 bits per heavy atom. The first-order valence-corrected chi connectivity index (χ1v) is 10.4. The van der Waals surface area contributed by atoms with Gasteiger partial charge < -0.3 is 10.1 Å². The van der Waals surface area contributed by atoms with Crippen LogP contribution in [0.1, 0.15) is 44.7 Å². The molecule has 0 saturated carbocycles. The van der Waals surface area contributed by atoms with Gasteiger partial charge in [0.2, 0.25) is 0 Å². The van der Waals surface area contributed by atoms with Crippen molar-refractivity contribution < 1.29 is 4.74 Å². The molecule has 1 N–H and O–H groups in total. The van der Waals surface area contributed by atoms with Crippen molar-refractivity contribution in [1.29, 1.82) is 0 Å². The average Bonchev–Trinajstić information content (AvgIpc) is 3.18. The quantitative estimate of drug-likeness (QED) is 0.662. The number of rotatable bonds is 9. The average molecular weight is 367 g/mol. The van der Waals surface area contributed by atoms with Crippen molar-refractivity contribution in [2.75, 3.05) is 25.0 Å². The Balaban J connectivity index is 1.59. The summed E-state index contributed by atoms with van der Waals surface area (Å²) in [6.07, 6.45) is 3.68. The van der Waals surface area contributed by atoms with Crippen LogP contribution in [0.3, 0.4) is 0 Å². The Hall–Kier alpha value is -1.84. The van der Waals surface area contributed by atoms with Crippen molar-refractivity contribution in [2.24, 2.45) is 5.92 Å². The first-order chi connectivity index (χ1) is 13.1. The fraction of sp³-hybridized carbons (Fsp3) is 0.500. The van der Waals surface area contributed by atoms with E-state index in [4.69, 9.17) is 4.74 Å². The van der Waals surface area contributed by atoms with Gasteiger partial charge in [-0.2, -0.15) is 0 Å². The van der Waals surface area contributed by atoms with E-state index in [0.717, 1.165) is 31.8 Å². The van der Waals surface area contributed by atoms with Gasteiger partial charge in [0.25, 0.3) is 0 Å². The normalized spacial score (nSPS) is 17.2. The van der Waals surface area contributed by atoms with E-state index in [0.29, 0.717) is 5.92 Å². The molecular formula is C24H34N2O. The molecule has 1 aliphatic rings. The second-order valence-electron chi connectivity index (χ2n) is 8.15. The summed E-state index contributed by atoms with van der Waals surface area (Å²) < 4.78 is 6.29. The molecule has 27 heavy (non-hydrogen) atoms. The molecule has 1 saturated heterocycles. The van der Waals surface area contributed by atoms with Crippen molar-refractivity contribution in [1.82, 2.24) is 4.90 Å². The van der Waals surface area contributed by atoms with E-state index in [9.17, 15) is 0 Å². The highest BCUT2D eigenvalue weighted by Crippen LogP contribution is 2.20. The van der Waals surface area contributed by atoms with Gasteiger partial charge in [-0.15, -0.1) is 0 Å². The van der Waals surface area contributed by atoms with Crippen molar-refractivity contribution >= 4 is 5.69 Å². The van der Waals surface area contributed by atoms with Crippen LogP contribution < -0.4 is 5.32 Å². The second kappa shape index (κ2) is 9.91. The van der Waals surface area contributed by atoms with Crippen molar-refractivity contribution in [3.05, 3.63) is 65.7 Å². The predicted molar refractivity (Wildman–Crippen MR) is 114 cm³/mol. The molecule has 1 aliphatic heterocycles. The van der Waals surface area contributed by atoms with E-state index in [1.54, 1.807) is 0 Å². The molecule has 3 nitrogen and oxygen atoms in total. The van der Waals surface area contributed by atoms with Crippen molar-refractivity contribution in [3.63, 3.8) is 0 Å². The number of benzene rings is 2. The summed E-state index contributed by atoms with van der Waals surface area (Å²) in [6, 6.07) is 19.7. The molecule has 146 valence electrons. The molecule has 0 spiro atoms. The van der Waals surface area contributed by atoms with Crippen LogP contribution in [-0.2, 0) is 11.2 Å². The van der Waals surface area contributed by atoms with Crippen LogP contribution in [0.25, 0.3) is 0 Å². The molecule has 2 atom stereocenters. The zero-order valence-electron chi connectivity index (χ0n) is 17.0. The van der Waals surface area contributed by atoms with Crippen molar-refractivity contribution in [2.45, 2.75) is 52.3 Å². The maximum atomic E-state index is 6.29. The zero-order valence-corrected chi connectivity index (χ0v) is 17.0. The highest BCUT2D eigenvalue weighted by Gasteiger charge is 2.27. The number of nitrogens with zero attached hydrogens (tertiary/aromatic N) is 1. The summed E-state index contributed by atoms with van der Waals surface area (Å²) in [5.41, 5.74) is 3.85. The largest absolute Gasteiger partial charge is 0.379 e. The van der Waals surface area contributed by atoms with Crippen LogP contribution >= 0.6 is 0 Å². The molecule has 0 aliphatic carbocycles. The van der Waals surface area contributed by atoms with E-state index in [1.165, 1.54) is 24.0 Å². The molecule has 3 heteroatoms. The Bertz CT molecular complexity index is 663. The molecule has 1 heterocycles. The molecular weight excluding hydrogens is 332 g/mol. The predicted octanol–water partition coefficient (Wildman–Crippen LogP) is 5.17. The van der Waals surface area contributed by atoms with Crippen LogP contribution in [-0.4, -0.2) is 36.9 Å². The molecule has 2 aromatic rings. The van der Waals surface area contributed by atoms with Gasteiger partial charge in [0.1, 0.15) is 6.23 Å². The summed E-state index contributed by atoms with van der Waals surface area (Å²) in [4.78, 5) is 2.49. The summed E-state index contributed by atoms with van der Waals surface area (Å²) in [7, 11) is 0. The molecule has 3 rings (SSSR count). The van der Waals surface area contributed by atoms with Gasteiger partial charge in [-0.3, -0.25) is 4.90 Å². The number of likely N-dealkylation sites (tertiary alicyclic amines) is 1. The lowest BCUT2D eigenvalue weighted by atomic mass is 10.0. The monoisotopic (exact) mass is 366 g/mol. The third kappa shape index (κ3) is 6.08. The lowest BCUT2D eigenvalue weighted by Gasteiger charge is -2.34. The third-order valence-corrected chi connectivity index (χ3v) is 5.13. The fourth-order valence-electron chi connectivity index (χ4n) is 3.74. The topological polar surface area (TPSA) is 24.5 Å². The Morgan fingerprint density at radius 1 is 0.889 bits per heavy atom. The molecule has 2 unspecified atom stereocenters. The first kappa shape index (κ1) is 19.9. The number of hydrogen-bond acceptors (Lipinski definition) is 3. The molecule has 0 radical (unpaired) electrons. The van der Waals surface area contributed by atoms with Gasteiger partial charge in [0.05, 0.1) is 12.6 Å². The maximum Gasteiger partial charge on any atom is 0.130 e. The van der Waals surface area contributed by atoms with E-state index in [-0.39, 0.29) is 12.3 Å². The van der Waals surface area contributed by atoms with Crippen LogP contribution in [0.5, 0.6) is 0 Å². The lowest BCUT2D eigenvalue weighted by molar-refractivity contribution is -0.0662. The summed E-state index contributed by atoms with van der Waals surface area (Å²) in [6.45, 7) is 9.76. The maximum absolute atomic E-state index is 6.29. The number of hydrogen-bond donors (Lipinski definition) is 1. The summed E-state index contributed by atoms with van der Waals surface area (Å²) in [5.74, 6) is 0.555. The highest BCUT2D eigenvalue weighted by atomic mass is 16.5. The number of nitrogens with one attached hydrogen (secondary N) is 1. The van der Waals surface area contributed by atoms with Gasteiger partial charge in [-0.05, 0) is 55.4 Å². The summed E-state index contributed by atoms with van der Waals surface area (Å²) in [5, 5.41) is 3.67. The molecule has 1 fully saturated rings. The molecule has 0 amide bonds. The SMILES string of the molecule is CC(C)COC(C(C)Nc1ccc(Cc2ccccc2)cc1)N1CCCC1. The van der Waals surface area contributed by atoms with Gasteiger partial charge in [0.15, 0.2) is 0 Å². The smallest absolute Gasteiger partial charge is 0.130 e. The van der Waals surface area contributed by atoms with Crippen LogP contribution in [0.2, 0.25) is 0 Å². The molecule has 0 aromatic heterocycles. The van der Waals surface area contributed by atoms with E-state index in [2.05, 4.69) is 85.6 Å². The van der Waals surface area contributed by atoms with Crippen LogP contribution in [0, 0.1) is 5.92 Å². The van der Waals surface area contributed by atoms with Crippen LogP contribution in [0.4, 0.5) is 5.69 Å². The van der Waals surface area contributed by atoms with Gasteiger partial charge in [-0.1, -0.05) is 56.3 Å². The van der Waals surface area contributed by atoms with E-state index in [1.807, 2.05) is 0 Å². The van der Waals surface area contributed by atoms with E-state index >= 15 is 0 Å². The van der Waals surface area contributed by atoms with Crippen molar-refractivity contribution in [3.8, 4) is 0 Å². The second-order valence-corrected chi connectivity index (χ2v) is 8.15. The number of anilines is 1. The summed E-state index contributed by atoms with van der Waals surface area (Å²) >= 11 is 0. The van der Waals surface area contributed by atoms with Gasteiger partial charge in [0, 0.05) is 18.8 Å². The highest BCUT2D eigenvalue weighted by molar-refractivity contribution is 5.46. The van der Waals surface area contributed by atoms with Gasteiger partial charge in [-0.25, -0.2) is 0 Å². The van der Waals surface area contributed by atoms with E-state index < -0.39 is 0 Å². The Kier molecular flexibility index (Phi) is 7.31. The molecule has 2 aromatic carbocycles. The molecule has 0 bridgehead atoms. The van der Waals surface area contributed by atoms with Crippen LogP contribution in [0.15, 0.2) is 54.6 Å². The Labute approximate surface area is 164 Å². The van der Waals surface area contributed by atoms with Gasteiger partial charge >= 0.3 is 0 Å². The third-order valence-electron chi connectivity index (χ3n) is 5.13. The fourth-order valence-corrected chi connectivity index (χ4v) is 3.74. The number of ether oxygens (including phenoxy) is 1. The lowest BCUT2D eigenvalue weighted by Crippen LogP contribution is -2.46. The minimum absolute atomic E-state index is 0.138. The minimum Gasteiger partial charge on any atom is -0.379 e. The minimum atomic E-state index is 0.138. The Morgan fingerprint density at radius 3 is 2.15 bits per heavy atom.